The van der Waals surface area contributed by atoms with E-state index >= 15 is 0 Å². The van der Waals surface area contributed by atoms with Gasteiger partial charge in [-0.1, -0.05) is 0 Å². The van der Waals surface area contributed by atoms with Gasteiger partial charge in [0.1, 0.15) is 5.54 Å². The second-order valence-electron chi connectivity index (χ2n) is 6.83. The quantitative estimate of drug-likeness (QED) is 0.710. The van der Waals surface area contributed by atoms with E-state index in [1.165, 1.54) is 0 Å². The molecule has 1 saturated heterocycles. The summed E-state index contributed by atoms with van der Waals surface area (Å²) < 4.78 is 23.2. The number of nitrogens with zero attached hydrogens (tertiary/aromatic N) is 1. The van der Waals surface area contributed by atoms with E-state index < -0.39 is 21.3 Å². The Labute approximate surface area is 126 Å². The Balaban J connectivity index is 1.97. The molecule has 21 heavy (non-hydrogen) atoms. The van der Waals surface area contributed by atoms with Crippen LogP contribution in [0.15, 0.2) is 0 Å². The van der Waals surface area contributed by atoms with E-state index in [9.17, 15) is 18.3 Å². The molecule has 6 nitrogen and oxygen atoms in total. The molecule has 3 atom stereocenters. The fourth-order valence-electron chi connectivity index (χ4n) is 3.08. The number of hydrogen-bond acceptors (Lipinski definition) is 5. The zero-order valence-electron chi connectivity index (χ0n) is 13.0. The van der Waals surface area contributed by atoms with Crippen LogP contribution >= 0.6 is 0 Å². The average molecular weight is 318 g/mol. The molecule has 2 rings (SSSR count). The first-order valence-corrected chi connectivity index (χ1v) is 9.38. The Morgan fingerprint density at radius 3 is 2.48 bits per heavy atom. The fraction of sp³-hybridized carbons (Fsp3) is 0.929. The summed E-state index contributed by atoms with van der Waals surface area (Å²) in [6.45, 7) is 3.70. The Hall–Kier alpha value is -0.660. The summed E-state index contributed by atoms with van der Waals surface area (Å²) in [5, 5.41) is 12.7. The van der Waals surface area contributed by atoms with Crippen LogP contribution in [0.4, 0.5) is 0 Å². The second kappa shape index (κ2) is 5.85. The molecule has 0 amide bonds. The Morgan fingerprint density at radius 1 is 1.43 bits per heavy atom. The number of rotatable bonds is 7. The van der Waals surface area contributed by atoms with Crippen molar-refractivity contribution in [2.75, 3.05) is 18.6 Å². The average Bonchev–Trinajstić information content (AvgIpc) is 3.09. The highest BCUT2D eigenvalue weighted by Gasteiger charge is 2.41. The molecule has 122 valence electrons. The Bertz CT molecular complexity index is 503. The number of carboxylic acid groups (broad SMARTS) is 1. The molecule has 7 heteroatoms. The number of carboxylic acids is 1. The van der Waals surface area contributed by atoms with Gasteiger partial charge >= 0.3 is 5.97 Å². The topological polar surface area (TPSA) is 86.7 Å². The molecule has 3 unspecified atom stereocenters. The van der Waals surface area contributed by atoms with Crippen molar-refractivity contribution in [2.45, 2.75) is 63.2 Å². The van der Waals surface area contributed by atoms with Crippen molar-refractivity contribution in [3.8, 4) is 0 Å². The lowest BCUT2D eigenvalue weighted by Gasteiger charge is -2.36. The zero-order valence-corrected chi connectivity index (χ0v) is 13.8. The van der Waals surface area contributed by atoms with Crippen LogP contribution < -0.4 is 5.32 Å². The Morgan fingerprint density at radius 2 is 2.05 bits per heavy atom. The SMILES string of the molecule is CC(CC(C)(NC1CC1)C(=O)O)N(C)C1CCS(=O)(=O)C1. The highest BCUT2D eigenvalue weighted by molar-refractivity contribution is 7.91. The van der Waals surface area contributed by atoms with Gasteiger partial charge in [0, 0.05) is 18.1 Å². The van der Waals surface area contributed by atoms with Crippen LogP contribution in [0.5, 0.6) is 0 Å². The van der Waals surface area contributed by atoms with Crippen molar-refractivity contribution in [2.24, 2.45) is 0 Å². The maximum atomic E-state index is 11.6. The largest absolute Gasteiger partial charge is 0.480 e. The molecule has 0 aromatic rings. The molecule has 1 aliphatic carbocycles. The van der Waals surface area contributed by atoms with Gasteiger partial charge in [0.2, 0.25) is 0 Å². The van der Waals surface area contributed by atoms with Gasteiger partial charge in [-0.2, -0.15) is 0 Å². The first-order valence-electron chi connectivity index (χ1n) is 7.56. The van der Waals surface area contributed by atoms with Gasteiger partial charge < -0.3 is 5.11 Å². The van der Waals surface area contributed by atoms with Gasteiger partial charge in [-0.05, 0) is 46.6 Å². The first-order chi connectivity index (χ1) is 9.63. The van der Waals surface area contributed by atoms with Gasteiger partial charge in [-0.25, -0.2) is 8.42 Å². The number of hydrogen-bond donors (Lipinski definition) is 2. The molecule has 0 radical (unpaired) electrons. The molecule has 0 spiro atoms. The lowest BCUT2D eigenvalue weighted by Crippen LogP contribution is -2.55. The molecule has 0 aromatic heterocycles. The predicted octanol–water partition coefficient (Wildman–Crippen LogP) is 0.479. The van der Waals surface area contributed by atoms with Gasteiger partial charge in [-0.3, -0.25) is 15.0 Å². The minimum atomic E-state index is -2.92. The first kappa shape index (κ1) is 16.7. The van der Waals surface area contributed by atoms with Crippen LogP contribution in [-0.2, 0) is 14.6 Å². The molecule has 1 heterocycles. The van der Waals surface area contributed by atoms with Crippen molar-refractivity contribution in [1.29, 1.82) is 0 Å². The van der Waals surface area contributed by atoms with Crippen LogP contribution in [-0.4, -0.2) is 66.6 Å². The van der Waals surface area contributed by atoms with Crippen molar-refractivity contribution >= 4 is 15.8 Å². The van der Waals surface area contributed by atoms with Crippen LogP contribution in [0.3, 0.4) is 0 Å². The molecule has 0 bridgehead atoms. The van der Waals surface area contributed by atoms with Gasteiger partial charge in [-0.15, -0.1) is 0 Å². The third-order valence-electron chi connectivity index (χ3n) is 4.76. The molecule has 0 aromatic carbocycles. The third-order valence-corrected chi connectivity index (χ3v) is 6.51. The van der Waals surface area contributed by atoms with E-state index in [1.54, 1.807) is 6.92 Å². The summed E-state index contributed by atoms with van der Waals surface area (Å²) in [6.07, 6.45) is 3.18. The monoisotopic (exact) mass is 318 g/mol. The summed E-state index contributed by atoms with van der Waals surface area (Å²) in [4.78, 5) is 13.6. The summed E-state index contributed by atoms with van der Waals surface area (Å²) in [5.74, 6) is -0.410. The lowest BCUT2D eigenvalue weighted by molar-refractivity contribution is -0.145. The number of sulfone groups is 1. The zero-order chi connectivity index (χ0) is 15.8. The number of aliphatic carboxylic acids is 1. The fourth-order valence-corrected chi connectivity index (χ4v) is 4.86. The summed E-state index contributed by atoms with van der Waals surface area (Å²) >= 11 is 0. The van der Waals surface area contributed by atoms with E-state index in [1.807, 2.05) is 18.9 Å². The normalized spacial score (nSPS) is 29.2. The highest BCUT2D eigenvalue weighted by atomic mass is 32.2. The smallest absolute Gasteiger partial charge is 0.323 e. The van der Waals surface area contributed by atoms with Crippen LogP contribution in [0.2, 0.25) is 0 Å². The van der Waals surface area contributed by atoms with Gasteiger partial charge in [0.15, 0.2) is 9.84 Å². The van der Waals surface area contributed by atoms with E-state index in [4.69, 9.17) is 0 Å². The van der Waals surface area contributed by atoms with Crippen molar-refractivity contribution < 1.29 is 18.3 Å². The second-order valence-corrected chi connectivity index (χ2v) is 9.06. The van der Waals surface area contributed by atoms with E-state index in [2.05, 4.69) is 5.32 Å². The van der Waals surface area contributed by atoms with Crippen molar-refractivity contribution in [3.63, 3.8) is 0 Å². The third kappa shape index (κ3) is 4.17. The van der Waals surface area contributed by atoms with Gasteiger partial charge in [0.25, 0.3) is 0 Å². The van der Waals surface area contributed by atoms with Crippen molar-refractivity contribution in [1.82, 2.24) is 10.2 Å². The molecule has 2 aliphatic rings. The van der Waals surface area contributed by atoms with Crippen LogP contribution in [0.1, 0.15) is 39.5 Å². The van der Waals surface area contributed by atoms with E-state index in [0.717, 1.165) is 12.8 Å². The highest BCUT2D eigenvalue weighted by Crippen LogP contribution is 2.27. The lowest BCUT2D eigenvalue weighted by atomic mass is 9.92. The molecule has 2 N–H and O–H groups in total. The van der Waals surface area contributed by atoms with E-state index in [-0.39, 0.29) is 23.6 Å². The predicted molar refractivity (Wildman–Crippen MR) is 81.1 cm³/mol. The number of nitrogens with one attached hydrogen (secondary N) is 1. The minimum absolute atomic E-state index is 0.00368. The van der Waals surface area contributed by atoms with E-state index in [0.29, 0.717) is 18.9 Å². The summed E-state index contributed by atoms with van der Waals surface area (Å²) in [7, 11) is -1.02. The maximum Gasteiger partial charge on any atom is 0.323 e. The summed E-state index contributed by atoms with van der Waals surface area (Å²) in [6, 6.07) is 0.329. The van der Waals surface area contributed by atoms with Crippen LogP contribution in [0.25, 0.3) is 0 Å². The molecule has 1 aliphatic heterocycles. The summed E-state index contributed by atoms with van der Waals surface area (Å²) in [5.41, 5.74) is -0.952. The number of carbonyl (C=O) groups is 1. The molecular weight excluding hydrogens is 292 g/mol. The standard InChI is InChI=1S/C14H26N2O4S/c1-10(16(3)12-6-7-21(19,20)9-12)8-14(2,13(17)18)15-11-4-5-11/h10-12,15H,4-9H2,1-3H3,(H,17,18). The molecular formula is C14H26N2O4S. The molecule has 2 fully saturated rings. The van der Waals surface area contributed by atoms with Gasteiger partial charge in [0.05, 0.1) is 11.5 Å². The van der Waals surface area contributed by atoms with Crippen LogP contribution in [0, 0.1) is 0 Å². The molecule has 1 saturated carbocycles. The Kier molecular flexibility index (Phi) is 4.66. The minimum Gasteiger partial charge on any atom is -0.480 e. The maximum absolute atomic E-state index is 11.6. The van der Waals surface area contributed by atoms with Crippen molar-refractivity contribution in [3.05, 3.63) is 0 Å².